The van der Waals surface area contributed by atoms with E-state index in [1.165, 1.54) is 4.57 Å². The number of carbonyl (C=O) groups excluding carboxylic acids is 1. The second-order valence-corrected chi connectivity index (χ2v) is 7.65. The first-order valence-corrected chi connectivity index (χ1v) is 10.3. The summed E-state index contributed by atoms with van der Waals surface area (Å²) in [5, 5.41) is 3.97. The quantitative estimate of drug-likeness (QED) is 0.475. The summed E-state index contributed by atoms with van der Waals surface area (Å²) < 4.78 is 8.32. The first kappa shape index (κ1) is 20.6. The summed E-state index contributed by atoms with van der Waals surface area (Å²) in [7, 11) is 0. The lowest BCUT2D eigenvalue weighted by Crippen LogP contribution is -2.37. The number of para-hydroxylation sites is 1. The Hall–Kier alpha value is -3.68. The van der Waals surface area contributed by atoms with E-state index >= 15 is 0 Å². The largest absolute Gasteiger partial charge is 0.339 e. The Morgan fingerprint density at radius 1 is 1.13 bits per heavy atom. The zero-order valence-corrected chi connectivity index (χ0v) is 18.1. The molecule has 1 amide bonds. The number of carbonyl (C=O) groups is 1. The van der Waals surface area contributed by atoms with Gasteiger partial charge in [0.15, 0.2) is 0 Å². The van der Waals surface area contributed by atoms with Crippen molar-refractivity contribution in [2.45, 2.75) is 40.3 Å². The topological polar surface area (TPSA) is 86.2 Å². The zero-order valence-electron chi connectivity index (χ0n) is 18.1. The highest BCUT2D eigenvalue weighted by molar-refractivity contribution is 5.94. The highest BCUT2D eigenvalue weighted by Gasteiger charge is 2.21. The van der Waals surface area contributed by atoms with Crippen LogP contribution in [0.1, 0.15) is 32.7 Å². The number of fused-ring (bicyclic) bond motifs is 1. The number of aryl methyl sites for hydroxylation is 1. The van der Waals surface area contributed by atoms with E-state index in [-0.39, 0.29) is 24.2 Å². The first-order chi connectivity index (χ1) is 14.9. The zero-order chi connectivity index (χ0) is 22.1. The molecule has 0 atom stereocenters. The SMILES string of the molecule is CCN(C(=O)Cn1c(=O)n(C(C)C)c2ccc(-c3noc(C)n3)cc21)c1ccccc1. The van der Waals surface area contributed by atoms with Gasteiger partial charge < -0.3 is 9.42 Å². The van der Waals surface area contributed by atoms with Crippen molar-refractivity contribution in [3.05, 3.63) is 64.9 Å². The van der Waals surface area contributed by atoms with Gasteiger partial charge in [-0.2, -0.15) is 4.98 Å². The van der Waals surface area contributed by atoms with Crippen molar-refractivity contribution in [3.8, 4) is 11.4 Å². The fourth-order valence-electron chi connectivity index (χ4n) is 3.82. The van der Waals surface area contributed by atoms with Gasteiger partial charge in [0.05, 0.1) is 11.0 Å². The highest BCUT2D eigenvalue weighted by atomic mass is 16.5. The summed E-state index contributed by atoms with van der Waals surface area (Å²) >= 11 is 0. The van der Waals surface area contributed by atoms with Gasteiger partial charge in [0.25, 0.3) is 0 Å². The van der Waals surface area contributed by atoms with Gasteiger partial charge in [-0.3, -0.25) is 13.9 Å². The molecule has 0 spiro atoms. The molecule has 4 rings (SSSR count). The minimum Gasteiger partial charge on any atom is -0.339 e. The van der Waals surface area contributed by atoms with Crippen LogP contribution in [0.15, 0.2) is 57.8 Å². The van der Waals surface area contributed by atoms with Gasteiger partial charge in [0.1, 0.15) is 6.54 Å². The molecule has 8 heteroatoms. The van der Waals surface area contributed by atoms with Gasteiger partial charge in [0.2, 0.25) is 17.6 Å². The van der Waals surface area contributed by atoms with Gasteiger partial charge >= 0.3 is 5.69 Å². The van der Waals surface area contributed by atoms with E-state index < -0.39 is 0 Å². The Morgan fingerprint density at radius 3 is 2.48 bits per heavy atom. The van der Waals surface area contributed by atoms with Crippen molar-refractivity contribution in [1.82, 2.24) is 19.3 Å². The molecular formula is C23H25N5O3. The van der Waals surface area contributed by atoms with Crippen LogP contribution < -0.4 is 10.6 Å². The summed E-state index contributed by atoms with van der Waals surface area (Å²) in [6, 6.07) is 15.0. The normalized spacial score (nSPS) is 11.4. The average Bonchev–Trinajstić information content (AvgIpc) is 3.30. The third-order valence-corrected chi connectivity index (χ3v) is 5.24. The smallest absolute Gasteiger partial charge is 0.329 e. The van der Waals surface area contributed by atoms with Crippen LogP contribution in [0, 0.1) is 6.92 Å². The van der Waals surface area contributed by atoms with Crippen molar-refractivity contribution >= 4 is 22.6 Å². The lowest BCUT2D eigenvalue weighted by Gasteiger charge is -2.21. The van der Waals surface area contributed by atoms with Gasteiger partial charge in [-0.25, -0.2) is 4.79 Å². The number of hydrogen-bond acceptors (Lipinski definition) is 5. The Morgan fingerprint density at radius 2 is 1.87 bits per heavy atom. The predicted molar refractivity (Wildman–Crippen MR) is 119 cm³/mol. The first-order valence-electron chi connectivity index (χ1n) is 10.3. The van der Waals surface area contributed by atoms with Crippen LogP contribution in [-0.4, -0.2) is 31.7 Å². The van der Waals surface area contributed by atoms with E-state index in [1.54, 1.807) is 16.4 Å². The molecule has 2 aromatic carbocycles. The van der Waals surface area contributed by atoms with Crippen LogP contribution in [0.2, 0.25) is 0 Å². The standard InChI is InChI=1S/C23H25N5O3/c1-5-26(18-9-7-6-8-10-18)21(29)14-27-20-13-17(22-24-16(4)31-25-22)11-12-19(20)28(15(2)3)23(27)30/h6-13,15H,5,14H2,1-4H3. The average molecular weight is 419 g/mol. The number of likely N-dealkylation sites (N-methyl/N-ethyl adjacent to an activating group) is 1. The Bertz CT molecular complexity index is 1280. The van der Waals surface area contributed by atoms with Crippen LogP contribution >= 0.6 is 0 Å². The summed E-state index contributed by atoms with van der Waals surface area (Å²) in [5.74, 6) is 0.754. The van der Waals surface area contributed by atoms with Gasteiger partial charge in [-0.1, -0.05) is 23.4 Å². The molecule has 0 radical (unpaired) electrons. The monoisotopic (exact) mass is 419 g/mol. The van der Waals surface area contributed by atoms with Crippen molar-refractivity contribution in [2.24, 2.45) is 0 Å². The minimum atomic E-state index is -0.219. The molecule has 2 heterocycles. The van der Waals surface area contributed by atoms with Crippen LogP contribution in [0.4, 0.5) is 5.69 Å². The summed E-state index contributed by atoms with van der Waals surface area (Å²) in [5.41, 5.74) is 2.74. The predicted octanol–water partition coefficient (Wildman–Crippen LogP) is 3.80. The van der Waals surface area contributed by atoms with E-state index in [1.807, 2.05) is 69.3 Å². The number of aromatic nitrogens is 4. The Kier molecular flexibility index (Phi) is 5.46. The maximum atomic E-state index is 13.3. The fraction of sp³-hybridized carbons (Fsp3) is 0.304. The Labute approximate surface area is 179 Å². The van der Waals surface area contributed by atoms with Crippen LogP contribution in [0.25, 0.3) is 22.4 Å². The molecule has 4 aromatic rings. The summed E-state index contributed by atoms with van der Waals surface area (Å²) in [4.78, 5) is 32.4. The molecule has 2 aromatic heterocycles. The fourth-order valence-corrected chi connectivity index (χ4v) is 3.82. The number of rotatable bonds is 6. The molecule has 31 heavy (non-hydrogen) atoms. The maximum absolute atomic E-state index is 13.3. The molecule has 8 nitrogen and oxygen atoms in total. The number of imidazole rings is 1. The molecule has 0 saturated carbocycles. The summed E-state index contributed by atoms with van der Waals surface area (Å²) in [6.45, 7) is 7.99. The second-order valence-electron chi connectivity index (χ2n) is 7.65. The van der Waals surface area contributed by atoms with E-state index in [9.17, 15) is 9.59 Å². The van der Waals surface area contributed by atoms with Crippen molar-refractivity contribution in [2.75, 3.05) is 11.4 Å². The van der Waals surface area contributed by atoms with E-state index in [0.29, 0.717) is 23.8 Å². The van der Waals surface area contributed by atoms with E-state index in [0.717, 1.165) is 16.8 Å². The number of hydrogen-bond donors (Lipinski definition) is 0. The summed E-state index contributed by atoms with van der Waals surface area (Å²) in [6.07, 6.45) is 0. The Balaban J connectivity index is 1.81. The van der Waals surface area contributed by atoms with Crippen molar-refractivity contribution in [1.29, 1.82) is 0 Å². The highest BCUT2D eigenvalue weighted by Crippen LogP contribution is 2.24. The number of amides is 1. The minimum absolute atomic E-state index is 0.0546. The molecule has 160 valence electrons. The molecular weight excluding hydrogens is 394 g/mol. The van der Waals surface area contributed by atoms with Crippen molar-refractivity contribution in [3.63, 3.8) is 0 Å². The van der Waals surface area contributed by atoms with Gasteiger partial charge in [0, 0.05) is 30.8 Å². The van der Waals surface area contributed by atoms with E-state index in [4.69, 9.17) is 4.52 Å². The van der Waals surface area contributed by atoms with Crippen LogP contribution in [-0.2, 0) is 11.3 Å². The molecule has 0 aliphatic heterocycles. The molecule has 0 unspecified atom stereocenters. The van der Waals surface area contributed by atoms with Crippen molar-refractivity contribution < 1.29 is 9.32 Å². The second kappa shape index (κ2) is 8.22. The molecule has 0 aliphatic rings. The number of nitrogens with zero attached hydrogens (tertiary/aromatic N) is 5. The molecule has 0 aliphatic carbocycles. The molecule has 0 N–H and O–H groups in total. The molecule has 0 fully saturated rings. The van der Waals surface area contributed by atoms with E-state index in [2.05, 4.69) is 10.1 Å². The van der Waals surface area contributed by atoms with Crippen LogP contribution in [0.5, 0.6) is 0 Å². The molecule has 0 bridgehead atoms. The third-order valence-electron chi connectivity index (χ3n) is 5.24. The third kappa shape index (κ3) is 3.76. The lowest BCUT2D eigenvalue weighted by atomic mass is 10.2. The number of benzene rings is 2. The lowest BCUT2D eigenvalue weighted by molar-refractivity contribution is -0.119. The van der Waals surface area contributed by atoms with Crippen LogP contribution in [0.3, 0.4) is 0 Å². The van der Waals surface area contributed by atoms with Gasteiger partial charge in [-0.05, 0) is 51.1 Å². The number of anilines is 1. The van der Waals surface area contributed by atoms with Gasteiger partial charge in [-0.15, -0.1) is 0 Å². The maximum Gasteiger partial charge on any atom is 0.329 e. The molecule has 0 saturated heterocycles.